The standard InChI is InChI=1S/C13H19ClO/c1-13(2,3)11-5-7-12(8-6-11)15-10-4-9-14/h5-8H,4,9-10H2,1-3H3. The van der Waals surface area contributed by atoms with Gasteiger partial charge in [0.15, 0.2) is 0 Å². The van der Waals surface area contributed by atoms with Crippen molar-refractivity contribution < 1.29 is 4.74 Å². The van der Waals surface area contributed by atoms with Gasteiger partial charge in [-0.1, -0.05) is 32.9 Å². The molecule has 15 heavy (non-hydrogen) atoms. The van der Waals surface area contributed by atoms with Crippen molar-refractivity contribution in [2.75, 3.05) is 12.5 Å². The van der Waals surface area contributed by atoms with Crippen LogP contribution in [0.25, 0.3) is 0 Å². The molecular formula is C13H19ClO. The first-order valence-electron chi connectivity index (χ1n) is 5.33. The molecule has 1 aromatic rings. The van der Waals surface area contributed by atoms with E-state index in [1.807, 2.05) is 12.1 Å². The average molecular weight is 227 g/mol. The van der Waals surface area contributed by atoms with Crippen LogP contribution in [0.1, 0.15) is 32.8 Å². The van der Waals surface area contributed by atoms with Crippen LogP contribution in [0.3, 0.4) is 0 Å². The molecule has 0 aliphatic carbocycles. The Balaban J connectivity index is 2.57. The van der Waals surface area contributed by atoms with Gasteiger partial charge in [-0.05, 0) is 29.5 Å². The first-order valence-corrected chi connectivity index (χ1v) is 5.87. The quantitative estimate of drug-likeness (QED) is 0.557. The Labute approximate surface area is 97.4 Å². The van der Waals surface area contributed by atoms with E-state index < -0.39 is 0 Å². The predicted molar refractivity (Wildman–Crippen MR) is 66.0 cm³/mol. The number of hydrogen-bond acceptors (Lipinski definition) is 1. The van der Waals surface area contributed by atoms with Crippen LogP contribution in [0.15, 0.2) is 24.3 Å². The van der Waals surface area contributed by atoms with Crippen LogP contribution >= 0.6 is 11.6 Å². The van der Waals surface area contributed by atoms with Crippen LogP contribution in [0.4, 0.5) is 0 Å². The molecule has 0 atom stereocenters. The maximum atomic E-state index is 5.57. The molecule has 0 radical (unpaired) electrons. The van der Waals surface area contributed by atoms with Gasteiger partial charge in [0.05, 0.1) is 6.61 Å². The van der Waals surface area contributed by atoms with Crippen molar-refractivity contribution in [3.63, 3.8) is 0 Å². The van der Waals surface area contributed by atoms with E-state index in [2.05, 4.69) is 32.9 Å². The summed E-state index contributed by atoms with van der Waals surface area (Å²) in [4.78, 5) is 0. The van der Waals surface area contributed by atoms with E-state index in [1.165, 1.54) is 5.56 Å². The van der Waals surface area contributed by atoms with Gasteiger partial charge in [-0.25, -0.2) is 0 Å². The lowest BCUT2D eigenvalue weighted by molar-refractivity contribution is 0.318. The fourth-order valence-corrected chi connectivity index (χ4v) is 1.40. The van der Waals surface area contributed by atoms with Crippen molar-refractivity contribution >= 4 is 11.6 Å². The molecule has 0 unspecified atom stereocenters. The van der Waals surface area contributed by atoms with E-state index in [1.54, 1.807) is 0 Å². The van der Waals surface area contributed by atoms with Gasteiger partial charge in [0.2, 0.25) is 0 Å². The van der Waals surface area contributed by atoms with Crippen molar-refractivity contribution in [2.24, 2.45) is 0 Å². The monoisotopic (exact) mass is 226 g/mol. The lowest BCUT2D eigenvalue weighted by Gasteiger charge is -2.19. The molecule has 1 aromatic carbocycles. The Morgan fingerprint density at radius 1 is 1.13 bits per heavy atom. The topological polar surface area (TPSA) is 9.23 Å². The third-order valence-corrected chi connectivity index (χ3v) is 2.53. The number of alkyl halides is 1. The summed E-state index contributed by atoms with van der Waals surface area (Å²) in [6.45, 7) is 7.31. The molecule has 0 heterocycles. The lowest BCUT2D eigenvalue weighted by atomic mass is 9.87. The molecule has 0 N–H and O–H groups in total. The summed E-state index contributed by atoms with van der Waals surface area (Å²) in [6, 6.07) is 8.29. The molecule has 0 bridgehead atoms. The summed E-state index contributed by atoms with van der Waals surface area (Å²) in [6.07, 6.45) is 0.891. The van der Waals surface area contributed by atoms with Gasteiger partial charge in [-0.3, -0.25) is 0 Å². The lowest BCUT2D eigenvalue weighted by Crippen LogP contribution is -2.10. The molecule has 0 aliphatic heterocycles. The SMILES string of the molecule is CC(C)(C)c1ccc(OCCCCl)cc1. The zero-order chi connectivity index (χ0) is 11.3. The molecule has 1 nitrogen and oxygen atoms in total. The van der Waals surface area contributed by atoms with Gasteiger partial charge in [0, 0.05) is 5.88 Å². The number of ether oxygens (including phenoxy) is 1. The summed E-state index contributed by atoms with van der Waals surface area (Å²) in [5.41, 5.74) is 1.53. The van der Waals surface area contributed by atoms with Crippen LogP contribution in [-0.4, -0.2) is 12.5 Å². The second-order valence-corrected chi connectivity index (χ2v) is 5.04. The minimum Gasteiger partial charge on any atom is -0.494 e. The van der Waals surface area contributed by atoms with E-state index in [0.717, 1.165) is 12.2 Å². The third kappa shape index (κ3) is 4.13. The largest absolute Gasteiger partial charge is 0.494 e. The molecule has 0 aromatic heterocycles. The number of benzene rings is 1. The van der Waals surface area contributed by atoms with Crippen LogP contribution in [0.5, 0.6) is 5.75 Å². The maximum absolute atomic E-state index is 5.57. The summed E-state index contributed by atoms with van der Waals surface area (Å²) in [5, 5.41) is 0. The zero-order valence-corrected chi connectivity index (χ0v) is 10.5. The first-order chi connectivity index (χ1) is 7.04. The Morgan fingerprint density at radius 3 is 2.20 bits per heavy atom. The molecule has 84 valence electrons. The van der Waals surface area contributed by atoms with Gasteiger partial charge in [-0.15, -0.1) is 11.6 Å². The maximum Gasteiger partial charge on any atom is 0.119 e. The van der Waals surface area contributed by atoms with Crippen LogP contribution < -0.4 is 4.74 Å². The Hall–Kier alpha value is -0.690. The molecule has 0 aliphatic rings. The van der Waals surface area contributed by atoms with Crippen LogP contribution in [0, 0.1) is 0 Å². The molecular weight excluding hydrogens is 208 g/mol. The summed E-state index contributed by atoms with van der Waals surface area (Å²) in [7, 11) is 0. The van der Waals surface area contributed by atoms with E-state index >= 15 is 0 Å². The fourth-order valence-electron chi connectivity index (χ4n) is 1.30. The van der Waals surface area contributed by atoms with Crippen LogP contribution in [-0.2, 0) is 5.41 Å². The zero-order valence-electron chi connectivity index (χ0n) is 9.72. The molecule has 0 spiro atoms. The number of hydrogen-bond donors (Lipinski definition) is 0. The number of rotatable bonds is 4. The Kier molecular flexibility index (Phi) is 4.46. The van der Waals surface area contributed by atoms with Crippen molar-refractivity contribution in [3.8, 4) is 5.75 Å². The molecule has 0 saturated carbocycles. The number of halogens is 1. The average Bonchev–Trinajstić information content (AvgIpc) is 2.18. The van der Waals surface area contributed by atoms with Crippen molar-refractivity contribution in [1.29, 1.82) is 0 Å². The highest BCUT2D eigenvalue weighted by molar-refractivity contribution is 6.17. The third-order valence-electron chi connectivity index (χ3n) is 2.27. The highest BCUT2D eigenvalue weighted by atomic mass is 35.5. The molecule has 0 saturated heterocycles. The summed E-state index contributed by atoms with van der Waals surface area (Å²) >= 11 is 5.57. The second kappa shape index (κ2) is 5.41. The van der Waals surface area contributed by atoms with E-state index in [9.17, 15) is 0 Å². The van der Waals surface area contributed by atoms with E-state index in [4.69, 9.17) is 16.3 Å². The van der Waals surface area contributed by atoms with Gasteiger partial charge in [-0.2, -0.15) is 0 Å². The van der Waals surface area contributed by atoms with Crippen molar-refractivity contribution in [2.45, 2.75) is 32.6 Å². The van der Waals surface area contributed by atoms with Crippen molar-refractivity contribution in [3.05, 3.63) is 29.8 Å². The predicted octanol–water partition coefficient (Wildman–Crippen LogP) is 3.99. The Morgan fingerprint density at radius 2 is 1.73 bits per heavy atom. The van der Waals surface area contributed by atoms with Gasteiger partial charge >= 0.3 is 0 Å². The van der Waals surface area contributed by atoms with Crippen molar-refractivity contribution in [1.82, 2.24) is 0 Å². The molecule has 1 rings (SSSR count). The minimum atomic E-state index is 0.203. The normalized spacial score (nSPS) is 11.5. The van der Waals surface area contributed by atoms with Crippen LogP contribution in [0.2, 0.25) is 0 Å². The molecule has 0 amide bonds. The van der Waals surface area contributed by atoms with E-state index in [-0.39, 0.29) is 5.41 Å². The highest BCUT2D eigenvalue weighted by Gasteiger charge is 2.12. The molecule has 2 heteroatoms. The van der Waals surface area contributed by atoms with E-state index in [0.29, 0.717) is 12.5 Å². The highest BCUT2D eigenvalue weighted by Crippen LogP contribution is 2.24. The first kappa shape index (κ1) is 12.4. The Bertz CT molecular complexity index is 284. The summed E-state index contributed by atoms with van der Waals surface area (Å²) in [5.74, 6) is 1.58. The second-order valence-electron chi connectivity index (χ2n) is 4.67. The minimum absolute atomic E-state index is 0.203. The smallest absolute Gasteiger partial charge is 0.119 e. The van der Waals surface area contributed by atoms with Gasteiger partial charge in [0.1, 0.15) is 5.75 Å². The fraction of sp³-hybridized carbons (Fsp3) is 0.538. The van der Waals surface area contributed by atoms with Gasteiger partial charge < -0.3 is 4.74 Å². The summed E-state index contributed by atoms with van der Waals surface area (Å²) < 4.78 is 5.53. The molecule has 0 fully saturated rings. The van der Waals surface area contributed by atoms with Gasteiger partial charge in [0.25, 0.3) is 0 Å².